The highest BCUT2D eigenvalue weighted by Crippen LogP contribution is 2.44. The van der Waals surface area contributed by atoms with Crippen LogP contribution in [-0.4, -0.2) is 34.8 Å². The van der Waals surface area contributed by atoms with Crippen molar-refractivity contribution in [2.45, 2.75) is 25.3 Å². The largest absolute Gasteiger partial charge is 0.483 e. The topological polar surface area (TPSA) is 61.3 Å². The molecule has 0 aliphatic heterocycles. The maximum Gasteiger partial charge on any atom is 0.483 e. The molecule has 0 saturated carbocycles. The fourth-order valence-electron chi connectivity index (χ4n) is 1.96. The lowest BCUT2D eigenvalue weighted by atomic mass is 10.1. The van der Waals surface area contributed by atoms with Gasteiger partial charge in [0.05, 0.1) is 6.61 Å². The third-order valence-corrected chi connectivity index (χ3v) is 3.18. The predicted octanol–water partition coefficient (Wildman–Crippen LogP) is 4.54. The van der Waals surface area contributed by atoms with Gasteiger partial charge in [-0.25, -0.2) is 19.5 Å². The van der Waals surface area contributed by atoms with E-state index in [9.17, 15) is 35.5 Å². The minimum absolute atomic E-state index is 0.137. The Kier molecular flexibility index (Phi) is 5.92. The molecule has 28 heavy (non-hydrogen) atoms. The monoisotopic (exact) mass is 412 g/mol. The zero-order valence-electron chi connectivity index (χ0n) is 13.9. The zero-order valence-corrected chi connectivity index (χ0v) is 13.9. The molecule has 0 bridgehead atoms. The second-order valence-corrected chi connectivity index (χ2v) is 5.18. The van der Waals surface area contributed by atoms with Crippen LogP contribution in [0.1, 0.15) is 23.0 Å². The molecule has 1 aromatic heterocycles. The summed E-state index contributed by atoms with van der Waals surface area (Å²) in [5.74, 6) is -1.90. The summed E-state index contributed by atoms with van der Waals surface area (Å²) in [5, 5.41) is 0. The molecule has 2 rings (SSSR count). The number of esters is 1. The number of ether oxygens (including phenoxy) is 2. The van der Waals surface area contributed by atoms with Crippen molar-refractivity contribution in [3.8, 4) is 11.4 Å². The van der Waals surface area contributed by atoms with E-state index < -0.39 is 41.4 Å². The van der Waals surface area contributed by atoms with Gasteiger partial charge in [-0.15, -0.1) is 0 Å². The molecular formula is C16H11F7N2O3. The van der Waals surface area contributed by atoms with Crippen molar-refractivity contribution >= 4 is 5.97 Å². The number of hydrogen-bond acceptors (Lipinski definition) is 5. The maximum atomic E-state index is 14.2. The van der Waals surface area contributed by atoms with Crippen molar-refractivity contribution in [3.63, 3.8) is 0 Å². The van der Waals surface area contributed by atoms with Crippen LogP contribution in [-0.2, 0) is 15.6 Å². The summed E-state index contributed by atoms with van der Waals surface area (Å²) in [6, 6.07) is 7.26. The number of aromatic nitrogens is 2. The Hall–Kier alpha value is -2.76. The third-order valence-electron chi connectivity index (χ3n) is 3.18. The number of alkyl halides is 7. The fraction of sp³-hybridized carbons (Fsp3) is 0.312. The molecule has 0 unspecified atom stereocenters. The summed E-state index contributed by atoms with van der Waals surface area (Å²) in [7, 11) is 0. The summed E-state index contributed by atoms with van der Waals surface area (Å²) < 4.78 is 98.6. The van der Waals surface area contributed by atoms with E-state index in [1.165, 1.54) is 31.2 Å². The van der Waals surface area contributed by atoms with Gasteiger partial charge >= 0.3 is 24.4 Å². The number of nitrogens with zero attached hydrogens (tertiary/aromatic N) is 2. The highest BCUT2D eigenvalue weighted by Gasteiger charge is 2.65. The molecule has 0 atom stereocenters. The molecule has 5 nitrogen and oxygen atoms in total. The van der Waals surface area contributed by atoms with Crippen molar-refractivity contribution in [1.82, 2.24) is 9.97 Å². The van der Waals surface area contributed by atoms with Crippen molar-refractivity contribution < 1.29 is 45.0 Å². The summed E-state index contributed by atoms with van der Waals surface area (Å²) in [5.41, 5.74) is -2.77. The highest BCUT2D eigenvalue weighted by molar-refractivity contribution is 5.90. The number of hydrogen-bond donors (Lipinski definition) is 0. The molecule has 0 amide bonds. The smallest absolute Gasteiger partial charge is 0.462 e. The van der Waals surface area contributed by atoms with Crippen LogP contribution in [0.2, 0.25) is 0 Å². The number of rotatable bonds is 6. The molecule has 12 heteroatoms. The van der Waals surface area contributed by atoms with E-state index in [0.29, 0.717) is 6.20 Å². The Morgan fingerprint density at radius 1 is 1.04 bits per heavy atom. The predicted molar refractivity (Wildman–Crippen MR) is 79.4 cm³/mol. The molecule has 0 fully saturated rings. The lowest BCUT2D eigenvalue weighted by molar-refractivity contribution is -0.462. The number of carbonyl (C=O) groups excluding carboxylic acids is 1. The van der Waals surface area contributed by atoms with Gasteiger partial charge < -0.3 is 4.74 Å². The first-order chi connectivity index (χ1) is 12.9. The van der Waals surface area contributed by atoms with Gasteiger partial charge in [0.15, 0.2) is 11.5 Å². The van der Waals surface area contributed by atoms with Gasteiger partial charge in [-0.05, 0) is 6.92 Å². The average Bonchev–Trinajstić information content (AvgIpc) is 2.60. The minimum atomic E-state index is -6.42. The summed E-state index contributed by atoms with van der Waals surface area (Å²) in [6.45, 7) is 1.03. The lowest BCUT2D eigenvalue weighted by Gasteiger charge is -2.25. The lowest BCUT2D eigenvalue weighted by Crippen LogP contribution is -2.44. The van der Waals surface area contributed by atoms with Gasteiger partial charge in [0.1, 0.15) is 5.56 Å². The van der Waals surface area contributed by atoms with Gasteiger partial charge in [0.25, 0.3) is 0 Å². The Balaban J connectivity index is 2.58. The van der Waals surface area contributed by atoms with Gasteiger partial charge in [0, 0.05) is 11.8 Å². The molecule has 0 aliphatic rings. The first-order valence-electron chi connectivity index (χ1n) is 7.51. The zero-order chi connectivity index (χ0) is 21.2. The molecule has 2 aromatic rings. The normalized spacial score (nSPS) is 12.7. The summed E-state index contributed by atoms with van der Waals surface area (Å²) in [4.78, 5) is 18.8. The van der Waals surface area contributed by atoms with Gasteiger partial charge in [0.2, 0.25) is 0 Å². The van der Waals surface area contributed by atoms with Crippen molar-refractivity contribution in [2.24, 2.45) is 0 Å². The molecule has 1 heterocycles. The molecule has 1 aromatic carbocycles. The first-order valence-corrected chi connectivity index (χ1v) is 7.51. The van der Waals surface area contributed by atoms with E-state index in [2.05, 4.69) is 19.4 Å². The van der Waals surface area contributed by atoms with Crippen LogP contribution < -0.4 is 0 Å². The molecule has 0 aliphatic carbocycles. The van der Waals surface area contributed by atoms with Crippen LogP contribution in [0, 0.1) is 0 Å². The molecular weight excluding hydrogens is 401 g/mol. The maximum absolute atomic E-state index is 14.2. The van der Waals surface area contributed by atoms with E-state index >= 15 is 0 Å². The fourth-order valence-corrected chi connectivity index (χ4v) is 1.96. The van der Waals surface area contributed by atoms with Gasteiger partial charge in [-0.3, -0.25) is 0 Å². The quantitative estimate of drug-likeness (QED) is 0.515. The molecule has 152 valence electrons. The first kappa shape index (κ1) is 21.5. The Bertz CT molecular complexity index is 842. The van der Waals surface area contributed by atoms with E-state index in [1.807, 2.05) is 0 Å². The van der Waals surface area contributed by atoms with E-state index in [-0.39, 0.29) is 12.2 Å². The van der Waals surface area contributed by atoms with Crippen molar-refractivity contribution in [1.29, 1.82) is 0 Å². The molecule has 0 radical (unpaired) electrons. The van der Waals surface area contributed by atoms with E-state index in [4.69, 9.17) is 0 Å². The summed E-state index contributed by atoms with van der Waals surface area (Å²) >= 11 is 0. The standard InChI is InChI=1S/C16H11F7N2O3/c1-2-27-13(26)10-8-24-12(9-6-4-3-5-7-9)25-11(10)14(17,18)28-16(22,23)15(19,20)21/h3-8H,2H2,1H3. The minimum Gasteiger partial charge on any atom is -0.462 e. The Labute approximate surface area is 153 Å². The molecule has 0 N–H and O–H groups in total. The summed E-state index contributed by atoms with van der Waals surface area (Å²) in [6.07, 6.45) is -17.4. The molecule has 0 saturated heterocycles. The van der Waals surface area contributed by atoms with Crippen molar-refractivity contribution in [3.05, 3.63) is 47.8 Å². The van der Waals surface area contributed by atoms with Crippen LogP contribution in [0.5, 0.6) is 0 Å². The van der Waals surface area contributed by atoms with Gasteiger partial charge in [-0.2, -0.15) is 30.7 Å². The van der Waals surface area contributed by atoms with Crippen molar-refractivity contribution in [2.75, 3.05) is 6.61 Å². The highest BCUT2D eigenvalue weighted by atomic mass is 19.4. The van der Waals surface area contributed by atoms with E-state index in [1.54, 1.807) is 6.07 Å². The Morgan fingerprint density at radius 2 is 1.64 bits per heavy atom. The Morgan fingerprint density at radius 3 is 2.18 bits per heavy atom. The van der Waals surface area contributed by atoms with E-state index in [0.717, 1.165) is 0 Å². The second-order valence-electron chi connectivity index (χ2n) is 5.18. The SMILES string of the molecule is CCOC(=O)c1cnc(-c2ccccc2)nc1C(F)(F)OC(F)(F)C(F)(F)F. The van der Waals surface area contributed by atoms with Crippen LogP contribution in [0.4, 0.5) is 30.7 Å². The van der Waals surface area contributed by atoms with Crippen LogP contribution in [0.25, 0.3) is 11.4 Å². The average molecular weight is 412 g/mol. The van der Waals surface area contributed by atoms with Crippen LogP contribution >= 0.6 is 0 Å². The number of halogens is 7. The van der Waals surface area contributed by atoms with Crippen LogP contribution in [0.3, 0.4) is 0 Å². The number of carbonyl (C=O) groups is 1. The second kappa shape index (κ2) is 7.70. The van der Waals surface area contributed by atoms with Crippen LogP contribution in [0.15, 0.2) is 36.5 Å². The molecule has 0 spiro atoms. The third kappa shape index (κ3) is 4.55. The number of benzene rings is 1. The van der Waals surface area contributed by atoms with Gasteiger partial charge in [-0.1, -0.05) is 30.3 Å².